The lowest BCUT2D eigenvalue weighted by atomic mass is 10.0. The Kier molecular flexibility index (Phi) is 4.82. The highest BCUT2D eigenvalue weighted by Gasteiger charge is 2.31. The smallest absolute Gasteiger partial charge is 0.220 e. The Hall–Kier alpha value is -1.22. The van der Waals surface area contributed by atoms with Gasteiger partial charge < -0.3 is 9.80 Å². The van der Waals surface area contributed by atoms with E-state index in [4.69, 9.17) is 11.6 Å². The Labute approximate surface area is 132 Å². The third kappa shape index (κ3) is 3.52. The van der Waals surface area contributed by atoms with Gasteiger partial charge in [0.25, 0.3) is 0 Å². The van der Waals surface area contributed by atoms with Gasteiger partial charge in [0.05, 0.1) is 0 Å². The monoisotopic (exact) mass is 308 g/mol. The van der Waals surface area contributed by atoms with Gasteiger partial charge in [-0.1, -0.05) is 25.4 Å². The highest BCUT2D eigenvalue weighted by atomic mass is 35.5. The molecule has 0 aromatic heterocycles. The molecule has 1 aliphatic heterocycles. The molecule has 2 atom stereocenters. The summed E-state index contributed by atoms with van der Waals surface area (Å²) in [5.41, 5.74) is 2.42. The molecule has 0 radical (unpaired) electrons. The van der Waals surface area contributed by atoms with Gasteiger partial charge in [-0.3, -0.25) is 4.79 Å². The standard InChI is InChI=1S/C17H25ClN2O/c1-11(2)15-6-16(18)8-17(7-15)19-9-12(3)20(14(5)21)13(4)10-19/h6-8,11-13H,9-10H2,1-5H3/t12-,13+. The van der Waals surface area contributed by atoms with Crippen LogP contribution in [-0.4, -0.2) is 36.0 Å². The van der Waals surface area contributed by atoms with Gasteiger partial charge in [0.2, 0.25) is 5.91 Å². The van der Waals surface area contributed by atoms with Crippen molar-refractivity contribution in [2.45, 2.75) is 52.6 Å². The number of piperazine rings is 1. The van der Waals surface area contributed by atoms with Crippen molar-refractivity contribution >= 4 is 23.2 Å². The van der Waals surface area contributed by atoms with Gasteiger partial charge in [0.1, 0.15) is 0 Å². The molecule has 1 amide bonds. The lowest BCUT2D eigenvalue weighted by Crippen LogP contribution is -2.58. The average molecular weight is 309 g/mol. The van der Waals surface area contributed by atoms with Crippen LogP contribution in [0.15, 0.2) is 18.2 Å². The molecule has 1 heterocycles. The number of amides is 1. The van der Waals surface area contributed by atoms with Gasteiger partial charge >= 0.3 is 0 Å². The van der Waals surface area contributed by atoms with Crippen LogP contribution in [-0.2, 0) is 4.79 Å². The van der Waals surface area contributed by atoms with Crippen LogP contribution in [0.2, 0.25) is 5.02 Å². The molecule has 116 valence electrons. The zero-order chi connectivity index (χ0) is 15.7. The minimum absolute atomic E-state index is 0.156. The minimum atomic E-state index is 0.156. The molecule has 1 aromatic carbocycles. The van der Waals surface area contributed by atoms with Gasteiger partial charge in [-0.05, 0) is 43.5 Å². The summed E-state index contributed by atoms with van der Waals surface area (Å²) in [5.74, 6) is 0.611. The molecule has 0 spiro atoms. The van der Waals surface area contributed by atoms with Crippen LogP contribution in [0.25, 0.3) is 0 Å². The van der Waals surface area contributed by atoms with Gasteiger partial charge in [0.15, 0.2) is 0 Å². The van der Waals surface area contributed by atoms with Crippen LogP contribution in [0.1, 0.15) is 46.1 Å². The fraction of sp³-hybridized carbons (Fsp3) is 0.588. The molecule has 0 bridgehead atoms. The fourth-order valence-electron chi connectivity index (χ4n) is 3.27. The van der Waals surface area contributed by atoms with Crippen molar-refractivity contribution in [2.75, 3.05) is 18.0 Å². The second kappa shape index (κ2) is 6.27. The molecule has 21 heavy (non-hydrogen) atoms. The van der Waals surface area contributed by atoms with E-state index in [1.54, 1.807) is 6.92 Å². The average Bonchev–Trinajstić information content (AvgIpc) is 2.36. The largest absolute Gasteiger partial charge is 0.367 e. The van der Waals surface area contributed by atoms with Gasteiger partial charge in [-0.2, -0.15) is 0 Å². The number of anilines is 1. The summed E-state index contributed by atoms with van der Waals surface area (Å²) in [6, 6.07) is 6.71. The molecule has 1 saturated heterocycles. The lowest BCUT2D eigenvalue weighted by molar-refractivity contribution is -0.133. The zero-order valence-corrected chi connectivity index (χ0v) is 14.3. The molecule has 1 fully saturated rings. The highest BCUT2D eigenvalue weighted by Crippen LogP contribution is 2.29. The molecule has 2 rings (SSSR count). The Balaban J connectivity index is 2.26. The second-order valence-corrected chi connectivity index (χ2v) is 6.86. The van der Waals surface area contributed by atoms with Crippen LogP contribution < -0.4 is 4.90 Å². The van der Waals surface area contributed by atoms with E-state index >= 15 is 0 Å². The Bertz CT molecular complexity index is 518. The van der Waals surface area contributed by atoms with Crippen LogP contribution in [0.4, 0.5) is 5.69 Å². The van der Waals surface area contributed by atoms with Crippen molar-refractivity contribution in [1.82, 2.24) is 4.90 Å². The maximum Gasteiger partial charge on any atom is 0.220 e. The number of halogens is 1. The number of hydrogen-bond acceptors (Lipinski definition) is 2. The van der Waals surface area contributed by atoms with Crippen molar-refractivity contribution in [2.24, 2.45) is 0 Å². The predicted molar refractivity (Wildman–Crippen MR) is 89.2 cm³/mol. The first kappa shape index (κ1) is 16.2. The van der Waals surface area contributed by atoms with E-state index < -0.39 is 0 Å². The molecular weight excluding hydrogens is 284 g/mol. The van der Waals surface area contributed by atoms with E-state index in [9.17, 15) is 4.79 Å². The molecule has 4 heteroatoms. The summed E-state index contributed by atoms with van der Waals surface area (Å²) in [4.78, 5) is 16.1. The van der Waals surface area contributed by atoms with Gasteiger partial charge in [-0.25, -0.2) is 0 Å². The Morgan fingerprint density at radius 3 is 2.24 bits per heavy atom. The molecule has 0 N–H and O–H groups in total. The second-order valence-electron chi connectivity index (χ2n) is 6.43. The molecular formula is C17H25ClN2O. The van der Waals surface area contributed by atoms with E-state index in [0.717, 1.165) is 23.8 Å². The first-order chi connectivity index (χ1) is 9.79. The van der Waals surface area contributed by atoms with Crippen molar-refractivity contribution in [3.05, 3.63) is 28.8 Å². The lowest BCUT2D eigenvalue weighted by Gasteiger charge is -2.45. The van der Waals surface area contributed by atoms with Crippen molar-refractivity contribution < 1.29 is 4.79 Å². The van der Waals surface area contributed by atoms with E-state index in [1.807, 2.05) is 17.0 Å². The summed E-state index contributed by atoms with van der Waals surface area (Å²) in [5, 5.41) is 0.783. The molecule has 0 unspecified atom stereocenters. The number of carbonyl (C=O) groups excluding carboxylic acids is 1. The van der Waals surface area contributed by atoms with Crippen molar-refractivity contribution in [3.8, 4) is 0 Å². The first-order valence-electron chi connectivity index (χ1n) is 7.64. The number of benzene rings is 1. The third-order valence-electron chi connectivity index (χ3n) is 4.22. The number of rotatable bonds is 2. The van der Waals surface area contributed by atoms with Crippen molar-refractivity contribution in [3.63, 3.8) is 0 Å². The van der Waals surface area contributed by atoms with E-state index in [-0.39, 0.29) is 18.0 Å². The van der Waals surface area contributed by atoms with Crippen LogP contribution in [0, 0.1) is 0 Å². The van der Waals surface area contributed by atoms with Crippen LogP contribution in [0.3, 0.4) is 0 Å². The number of nitrogens with zero attached hydrogens (tertiary/aromatic N) is 2. The van der Waals surface area contributed by atoms with Crippen LogP contribution >= 0.6 is 11.6 Å². The zero-order valence-electron chi connectivity index (χ0n) is 13.6. The molecule has 0 aliphatic carbocycles. The van der Waals surface area contributed by atoms with E-state index in [2.05, 4.69) is 38.7 Å². The summed E-state index contributed by atoms with van der Waals surface area (Å²) in [6.07, 6.45) is 0. The molecule has 3 nitrogen and oxygen atoms in total. The molecule has 1 aromatic rings. The van der Waals surface area contributed by atoms with Gasteiger partial charge in [0, 0.05) is 42.8 Å². The normalized spacial score (nSPS) is 22.8. The summed E-state index contributed by atoms with van der Waals surface area (Å²) in [7, 11) is 0. The highest BCUT2D eigenvalue weighted by molar-refractivity contribution is 6.31. The topological polar surface area (TPSA) is 23.6 Å². The minimum Gasteiger partial charge on any atom is -0.367 e. The third-order valence-corrected chi connectivity index (χ3v) is 4.44. The SMILES string of the molecule is CC(=O)N1[C@H](C)CN(c2cc(Cl)cc(C(C)C)c2)C[C@@H]1C. The van der Waals surface area contributed by atoms with Crippen LogP contribution in [0.5, 0.6) is 0 Å². The van der Waals surface area contributed by atoms with E-state index in [1.165, 1.54) is 5.56 Å². The predicted octanol–water partition coefficient (Wildman–Crippen LogP) is 3.91. The van der Waals surface area contributed by atoms with Gasteiger partial charge in [-0.15, -0.1) is 0 Å². The number of hydrogen-bond donors (Lipinski definition) is 0. The quantitative estimate of drug-likeness (QED) is 0.827. The first-order valence-corrected chi connectivity index (χ1v) is 8.01. The molecule has 0 saturated carbocycles. The molecule has 1 aliphatic rings. The Morgan fingerprint density at radius 2 is 1.76 bits per heavy atom. The summed E-state index contributed by atoms with van der Waals surface area (Å²) in [6.45, 7) is 11.9. The summed E-state index contributed by atoms with van der Waals surface area (Å²) < 4.78 is 0. The Morgan fingerprint density at radius 1 is 1.19 bits per heavy atom. The van der Waals surface area contributed by atoms with Crippen molar-refractivity contribution in [1.29, 1.82) is 0 Å². The fourth-order valence-corrected chi connectivity index (χ4v) is 3.50. The number of carbonyl (C=O) groups is 1. The maximum atomic E-state index is 11.7. The summed E-state index contributed by atoms with van der Waals surface area (Å²) >= 11 is 6.27. The maximum absolute atomic E-state index is 11.7. The van der Waals surface area contributed by atoms with E-state index in [0.29, 0.717) is 5.92 Å².